The largest absolute Gasteiger partial charge is 0.309 e. The van der Waals surface area contributed by atoms with Crippen LogP contribution in [0, 0.1) is 0 Å². The highest BCUT2D eigenvalue weighted by Gasteiger charge is 2.26. The highest BCUT2D eigenvalue weighted by molar-refractivity contribution is 6.14. The van der Waals surface area contributed by atoms with Crippen LogP contribution in [0.1, 0.15) is 0 Å². The van der Waals surface area contributed by atoms with Crippen LogP contribution in [0.4, 0.5) is 0 Å². The summed E-state index contributed by atoms with van der Waals surface area (Å²) in [5.74, 6) is 1.66. The monoisotopic (exact) mass is 1510 g/mol. The van der Waals surface area contributed by atoms with Crippen molar-refractivity contribution in [1.29, 1.82) is 0 Å². The summed E-state index contributed by atoms with van der Waals surface area (Å²) in [6, 6.07) is 127. The molecular weight excluding hydrogens is 1450 g/mol. The average Bonchev–Trinajstić information content (AvgIpc) is 1.55. The van der Waals surface area contributed by atoms with Gasteiger partial charge in [0.05, 0.1) is 144 Å². The molecule has 0 saturated carbocycles. The van der Waals surface area contributed by atoms with Gasteiger partial charge in [0.2, 0.25) is 11.6 Å². The number of aromatic nitrogens is 16. The second kappa shape index (κ2) is 22.7. The number of nitrogens with zero attached hydrogens (tertiary/aromatic N) is 16. The van der Waals surface area contributed by atoms with Gasteiger partial charge in [-0.3, -0.25) is 35.5 Å². The predicted octanol–water partition coefficient (Wildman–Crippen LogP) is 24.0. The summed E-state index contributed by atoms with van der Waals surface area (Å²) in [7, 11) is 0. The standard InChI is InChI=1S/C102H58N16/c1-9-29-79-65(21-1)66-22-2-10-30-80(66)109(79)61-44-50-90-75(55-61)103-97-69-25-5-14-34-84(69)114-89-49-43-62(110-81-31-11-3-23-67(81)68-24-4-12-32-82(68)110)56-76(89)106-100(114)72-53-59(42-48-85(72)115(90)97)60-41-47-71-96(54-60)116-91-52-46-64(112-93-38-18-20-40-95(93)118-87-36-16-8-28-74(87)108-102(112)118)58-78(91)104-98(116)70-26-6-13-33-83(70)113-88-51-45-63(57-77(88)105-99(71)113)111-92-37-17-19-39-94(92)117-86-35-15-7-27-73(86)107-101(111)117/h1-58H. The minimum atomic E-state index is 0.790. The number of imidazole rings is 8. The minimum Gasteiger partial charge on any atom is -0.309 e. The lowest BCUT2D eigenvalue weighted by Gasteiger charge is -2.12. The second-order valence-electron chi connectivity index (χ2n) is 31.1. The van der Waals surface area contributed by atoms with Crippen molar-refractivity contribution in [2.24, 2.45) is 0 Å². The smallest absolute Gasteiger partial charge is 0.220 e. The first-order chi connectivity index (χ1) is 58.5. The summed E-state index contributed by atoms with van der Waals surface area (Å²) in [5.41, 5.74) is 32.9. The van der Waals surface area contributed by atoms with Crippen LogP contribution in [0.25, 0.3) is 244 Å². The van der Waals surface area contributed by atoms with Crippen molar-refractivity contribution in [2.75, 3.05) is 0 Å². The van der Waals surface area contributed by atoms with E-state index in [0.29, 0.717) is 0 Å². The summed E-state index contributed by atoms with van der Waals surface area (Å²) >= 11 is 0. The highest BCUT2D eigenvalue weighted by atomic mass is 15.2. The van der Waals surface area contributed by atoms with Crippen LogP contribution < -0.4 is 0 Å². The first-order valence-electron chi connectivity index (χ1n) is 39.8. The van der Waals surface area contributed by atoms with Gasteiger partial charge in [-0.2, -0.15) is 0 Å². The van der Waals surface area contributed by atoms with Gasteiger partial charge in [0.1, 0.15) is 22.6 Å². The van der Waals surface area contributed by atoms with Gasteiger partial charge in [0.25, 0.3) is 0 Å². The van der Waals surface area contributed by atoms with Gasteiger partial charge in [-0.05, 0) is 205 Å². The molecule has 0 spiro atoms. The van der Waals surface area contributed by atoms with Gasteiger partial charge in [0.15, 0.2) is 0 Å². The first-order valence-corrected chi connectivity index (χ1v) is 39.8. The van der Waals surface area contributed by atoms with E-state index in [2.05, 4.69) is 397 Å². The third-order valence-electron chi connectivity index (χ3n) is 25.0. The molecule has 118 heavy (non-hydrogen) atoms. The van der Waals surface area contributed by atoms with Gasteiger partial charge in [0, 0.05) is 54.5 Å². The maximum atomic E-state index is 5.93. The fourth-order valence-electron chi connectivity index (χ4n) is 20.0. The van der Waals surface area contributed by atoms with E-state index in [1.807, 2.05) is 0 Å². The Bertz CT molecular complexity index is 9390. The zero-order chi connectivity index (χ0) is 76.4. The summed E-state index contributed by atoms with van der Waals surface area (Å²) < 4.78 is 23.3. The molecule has 16 aromatic carbocycles. The van der Waals surface area contributed by atoms with E-state index < -0.39 is 0 Å². The van der Waals surface area contributed by atoms with E-state index in [4.69, 9.17) is 29.9 Å². The molecule has 0 aliphatic rings. The van der Waals surface area contributed by atoms with Gasteiger partial charge in [-0.25, -0.2) is 29.9 Å². The van der Waals surface area contributed by atoms with Crippen LogP contribution in [0.2, 0.25) is 0 Å². The number of fused-ring (bicyclic) bond motifs is 40. The molecule has 0 saturated heterocycles. The molecule has 0 bridgehead atoms. The van der Waals surface area contributed by atoms with Crippen LogP contribution in [0.15, 0.2) is 352 Å². The van der Waals surface area contributed by atoms with Crippen LogP contribution in [0.5, 0.6) is 0 Å². The third-order valence-corrected chi connectivity index (χ3v) is 25.0. The van der Waals surface area contributed by atoms with E-state index in [1.54, 1.807) is 0 Å². The summed E-state index contributed by atoms with van der Waals surface area (Å²) in [6.45, 7) is 0. The van der Waals surface area contributed by atoms with Crippen molar-refractivity contribution in [3.63, 3.8) is 0 Å². The molecule has 0 aliphatic carbocycles. The first kappa shape index (κ1) is 62.1. The summed E-state index contributed by atoms with van der Waals surface area (Å²) in [5, 5.41) is 8.60. The van der Waals surface area contributed by atoms with Crippen molar-refractivity contribution in [2.45, 2.75) is 0 Å². The molecule has 28 aromatic rings. The molecule has 0 N–H and O–H groups in total. The van der Waals surface area contributed by atoms with Gasteiger partial charge in [-0.15, -0.1) is 0 Å². The lowest BCUT2D eigenvalue weighted by molar-refractivity contribution is 1.11. The van der Waals surface area contributed by atoms with Crippen LogP contribution >= 0.6 is 0 Å². The van der Waals surface area contributed by atoms with Crippen molar-refractivity contribution < 1.29 is 0 Å². The topological polar surface area (TPSA) is 124 Å². The Kier molecular flexibility index (Phi) is 11.9. The van der Waals surface area contributed by atoms with Crippen molar-refractivity contribution >= 4 is 210 Å². The Hall–Kier alpha value is -16.5. The summed E-state index contributed by atoms with van der Waals surface area (Å²) in [6.07, 6.45) is 0. The lowest BCUT2D eigenvalue weighted by Crippen LogP contribution is -1.96. The zero-order valence-corrected chi connectivity index (χ0v) is 62.6. The SMILES string of the molecule is c1ccc2c(c1)nc1n(-c3ccc4c(c3)nc3c5ccc(-c6ccc7c(c6)c6nc8cc(-n9c%10ccccc%10c%10ccccc%109)ccc8n6c6ccccc6c6nc8cc(-n9c%10ccccc%10c%10ccccc%109)ccc8n76)cc5n5c6ccc(-n7c8ccccc8n8c9ccccc9nc78)cc6nc5c5ccccc5n43)c3ccccc3n21. The number of hydrogen-bond donors (Lipinski definition) is 0. The van der Waals surface area contributed by atoms with Crippen LogP contribution in [-0.4, -0.2) is 74.6 Å². The highest BCUT2D eigenvalue weighted by Crippen LogP contribution is 2.43. The molecular formula is C102H58N16. The molecule has 0 unspecified atom stereocenters. The molecule has 16 heteroatoms. The van der Waals surface area contributed by atoms with Gasteiger partial charge in [-0.1, -0.05) is 158 Å². The van der Waals surface area contributed by atoms with E-state index >= 15 is 0 Å². The second-order valence-corrected chi connectivity index (χ2v) is 31.1. The van der Waals surface area contributed by atoms with E-state index in [-0.39, 0.29) is 0 Å². The fraction of sp³-hybridized carbons (Fsp3) is 0. The fourth-order valence-corrected chi connectivity index (χ4v) is 20.0. The molecule has 16 nitrogen and oxygen atoms in total. The van der Waals surface area contributed by atoms with Gasteiger partial charge >= 0.3 is 0 Å². The molecule has 0 amide bonds. The van der Waals surface area contributed by atoms with Gasteiger partial charge < -0.3 is 9.13 Å². The van der Waals surface area contributed by atoms with E-state index in [1.165, 1.54) is 21.5 Å². The van der Waals surface area contributed by atoms with Crippen LogP contribution in [-0.2, 0) is 0 Å². The Morgan fingerprint density at radius 1 is 0.144 bits per heavy atom. The van der Waals surface area contributed by atoms with Crippen molar-refractivity contribution in [3.8, 4) is 33.9 Å². The van der Waals surface area contributed by atoms with Crippen molar-refractivity contribution in [1.82, 2.24) is 74.6 Å². The summed E-state index contributed by atoms with van der Waals surface area (Å²) in [4.78, 5) is 34.1. The maximum Gasteiger partial charge on any atom is 0.220 e. The number of benzene rings is 16. The number of para-hydroxylation sites is 14. The Labute approximate surface area is 665 Å². The van der Waals surface area contributed by atoms with Crippen molar-refractivity contribution in [3.05, 3.63) is 352 Å². The molecule has 0 radical (unpaired) electrons. The third kappa shape index (κ3) is 8.19. The van der Waals surface area contributed by atoms with E-state index in [0.717, 1.165) is 222 Å². The quantitative estimate of drug-likeness (QED) is 0.169. The Morgan fingerprint density at radius 2 is 0.415 bits per heavy atom. The molecule has 12 heterocycles. The Balaban J connectivity index is 0.732. The zero-order valence-electron chi connectivity index (χ0n) is 62.6. The predicted molar refractivity (Wildman–Crippen MR) is 479 cm³/mol. The van der Waals surface area contributed by atoms with E-state index in [9.17, 15) is 0 Å². The molecule has 546 valence electrons. The number of rotatable bonds is 5. The molecule has 0 aliphatic heterocycles. The molecule has 12 aromatic heterocycles. The lowest BCUT2D eigenvalue weighted by atomic mass is 10.0. The molecule has 0 fully saturated rings. The Morgan fingerprint density at radius 3 is 0.822 bits per heavy atom. The minimum absolute atomic E-state index is 0.790. The normalized spacial score (nSPS) is 12.6. The maximum absolute atomic E-state index is 5.93. The average molecular weight is 1510 g/mol. The molecule has 0 atom stereocenters. The van der Waals surface area contributed by atoms with Crippen LogP contribution in [0.3, 0.4) is 0 Å². The number of hydrogen-bond acceptors (Lipinski definition) is 6. The molecule has 28 rings (SSSR count).